The summed E-state index contributed by atoms with van der Waals surface area (Å²) < 4.78 is 12.2. The minimum Gasteiger partial charge on any atom is -0.488 e. The first-order chi connectivity index (χ1) is 14.4. The Hall–Kier alpha value is -3.17. The summed E-state index contributed by atoms with van der Waals surface area (Å²) in [5.74, 6) is 1.75. The van der Waals surface area contributed by atoms with Crippen molar-refractivity contribution in [3.8, 4) is 11.5 Å². The predicted octanol–water partition coefficient (Wildman–Crippen LogP) is 7.00. The topological polar surface area (TPSA) is 18.5 Å². The molecule has 4 rings (SSSR count). The molecule has 0 aromatic heterocycles. The molecule has 144 valence electrons. The maximum atomic E-state index is 6.10. The highest BCUT2D eigenvalue weighted by molar-refractivity contribution is 7.99. The molecule has 0 unspecified atom stereocenters. The molecule has 0 saturated carbocycles. The first-order valence-electron chi connectivity index (χ1n) is 9.58. The molecular formula is C26H22O2S. The number of hydrogen-bond donors (Lipinski definition) is 0. The van der Waals surface area contributed by atoms with Crippen molar-refractivity contribution >= 4 is 11.8 Å². The van der Waals surface area contributed by atoms with Crippen LogP contribution in [0.15, 0.2) is 119 Å². The molecule has 0 aliphatic carbocycles. The zero-order chi connectivity index (χ0) is 19.7. The van der Waals surface area contributed by atoms with Gasteiger partial charge in [-0.15, -0.1) is 0 Å². The van der Waals surface area contributed by atoms with Crippen molar-refractivity contribution in [1.82, 2.24) is 0 Å². The van der Waals surface area contributed by atoms with Gasteiger partial charge in [0.05, 0.1) is 9.79 Å². The quantitative estimate of drug-likeness (QED) is 0.318. The van der Waals surface area contributed by atoms with Gasteiger partial charge in [0.1, 0.15) is 24.7 Å². The Labute approximate surface area is 176 Å². The molecule has 29 heavy (non-hydrogen) atoms. The van der Waals surface area contributed by atoms with Crippen molar-refractivity contribution < 1.29 is 9.47 Å². The number of ether oxygens (including phenoxy) is 2. The molecular weight excluding hydrogens is 376 g/mol. The summed E-state index contributed by atoms with van der Waals surface area (Å²) in [7, 11) is 0. The van der Waals surface area contributed by atoms with E-state index in [1.165, 1.54) is 0 Å². The van der Waals surface area contributed by atoms with Gasteiger partial charge in [-0.3, -0.25) is 0 Å². The van der Waals surface area contributed by atoms with Crippen LogP contribution in [0, 0.1) is 0 Å². The molecule has 0 bridgehead atoms. The first kappa shape index (κ1) is 19.2. The minimum atomic E-state index is 0.546. The van der Waals surface area contributed by atoms with E-state index in [-0.39, 0.29) is 0 Å². The molecule has 0 aliphatic heterocycles. The maximum Gasteiger partial charge on any atom is 0.133 e. The molecule has 0 atom stereocenters. The summed E-state index contributed by atoms with van der Waals surface area (Å²) in [5, 5.41) is 0. The van der Waals surface area contributed by atoms with Crippen LogP contribution in [0.5, 0.6) is 11.5 Å². The van der Waals surface area contributed by atoms with E-state index in [9.17, 15) is 0 Å². The van der Waals surface area contributed by atoms with Crippen molar-refractivity contribution in [2.24, 2.45) is 0 Å². The molecule has 3 heteroatoms. The Kier molecular flexibility index (Phi) is 6.51. The van der Waals surface area contributed by atoms with E-state index in [4.69, 9.17) is 9.47 Å². The van der Waals surface area contributed by atoms with Crippen LogP contribution in [0.1, 0.15) is 11.1 Å². The third-order valence-corrected chi connectivity index (χ3v) is 5.51. The van der Waals surface area contributed by atoms with Gasteiger partial charge in [-0.05, 0) is 35.4 Å². The predicted molar refractivity (Wildman–Crippen MR) is 119 cm³/mol. The van der Waals surface area contributed by atoms with Gasteiger partial charge in [0.15, 0.2) is 0 Å². The second kappa shape index (κ2) is 9.85. The van der Waals surface area contributed by atoms with Gasteiger partial charge < -0.3 is 9.47 Å². The van der Waals surface area contributed by atoms with E-state index >= 15 is 0 Å². The molecule has 4 aromatic carbocycles. The van der Waals surface area contributed by atoms with Crippen LogP contribution in [0.25, 0.3) is 0 Å². The Morgan fingerprint density at radius 2 is 0.828 bits per heavy atom. The fourth-order valence-corrected chi connectivity index (χ4v) is 3.88. The Bertz CT molecular complexity index is 948. The van der Waals surface area contributed by atoms with E-state index < -0.39 is 0 Å². The number of hydrogen-bond acceptors (Lipinski definition) is 3. The summed E-state index contributed by atoms with van der Waals surface area (Å²) in [6.07, 6.45) is 0. The number of para-hydroxylation sites is 2. The smallest absolute Gasteiger partial charge is 0.133 e. The third-order valence-electron chi connectivity index (χ3n) is 4.39. The second-order valence-electron chi connectivity index (χ2n) is 6.54. The molecule has 0 spiro atoms. The molecule has 0 heterocycles. The highest BCUT2D eigenvalue weighted by Gasteiger charge is 2.10. The average molecular weight is 399 g/mol. The van der Waals surface area contributed by atoms with Gasteiger partial charge in [0.25, 0.3) is 0 Å². The highest BCUT2D eigenvalue weighted by Crippen LogP contribution is 2.39. The molecule has 2 nitrogen and oxygen atoms in total. The monoisotopic (exact) mass is 398 g/mol. The van der Waals surface area contributed by atoms with Gasteiger partial charge in [0, 0.05) is 0 Å². The van der Waals surface area contributed by atoms with Crippen LogP contribution in [-0.2, 0) is 13.2 Å². The fraction of sp³-hybridized carbons (Fsp3) is 0.0769. The fourth-order valence-electron chi connectivity index (χ4n) is 2.90. The van der Waals surface area contributed by atoms with Crippen molar-refractivity contribution in [3.05, 3.63) is 120 Å². The number of benzene rings is 4. The van der Waals surface area contributed by atoms with Crippen molar-refractivity contribution in [2.75, 3.05) is 0 Å². The van der Waals surface area contributed by atoms with Crippen molar-refractivity contribution in [2.45, 2.75) is 23.0 Å². The van der Waals surface area contributed by atoms with Crippen LogP contribution >= 0.6 is 11.8 Å². The Balaban J connectivity index is 1.48. The van der Waals surface area contributed by atoms with Gasteiger partial charge in [-0.2, -0.15) is 0 Å². The lowest BCUT2D eigenvalue weighted by molar-refractivity contribution is 0.297. The van der Waals surface area contributed by atoms with Crippen molar-refractivity contribution in [3.63, 3.8) is 0 Å². The van der Waals surface area contributed by atoms with Gasteiger partial charge in [-0.25, -0.2) is 0 Å². The number of rotatable bonds is 8. The van der Waals surface area contributed by atoms with Gasteiger partial charge >= 0.3 is 0 Å². The van der Waals surface area contributed by atoms with E-state index in [0.29, 0.717) is 13.2 Å². The molecule has 0 aliphatic rings. The van der Waals surface area contributed by atoms with E-state index in [0.717, 1.165) is 32.4 Å². The zero-order valence-corrected chi connectivity index (χ0v) is 16.8. The van der Waals surface area contributed by atoms with E-state index in [2.05, 4.69) is 36.4 Å². The molecule has 0 radical (unpaired) electrons. The lowest BCUT2D eigenvalue weighted by atomic mass is 10.2. The van der Waals surface area contributed by atoms with Crippen LogP contribution < -0.4 is 9.47 Å². The zero-order valence-electron chi connectivity index (χ0n) is 16.0. The van der Waals surface area contributed by atoms with Gasteiger partial charge in [-0.1, -0.05) is 96.7 Å². The summed E-state index contributed by atoms with van der Waals surface area (Å²) in [6, 6.07) is 36.7. The second-order valence-corrected chi connectivity index (χ2v) is 7.63. The van der Waals surface area contributed by atoms with Crippen LogP contribution in [0.4, 0.5) is 0 Å². The summed E-state index contributed by atoms with van der Waals surface area (Å²) in [4.78, 5) is 2.14. The molecule has 0 fully saturated rings. The minimum absolute atomic E-state index is 0.546. The lowest BCUT2D eigenvalue weighted by Gasteiger charge is -2.14. The SMILES string of the molecule is c1ccc(COc2ccccc2Sc2ccccc2OCc2ccccc2)cc1. The third kappa shape index (κ3) is 5.43. The van der Waals surface area contributed by atoms with Crippen LogP contribution in [-0.4, -0.2) is 0 Å². The maximum absolute atomic E-state index is 6.10. The molecule has 0 saturated heterocycles. The normalized spacial score (nSPS) is 10.5. The molecule has 4 aromatic rings. The highest BCUT2D eigenvalue weighted by atomic mass is 32.2. The van der Waals surface area contributed by atoms with E-state index in [1.807, 2.05) is 72.8 Å². The largest absolute Gasteiger partial charge is 0.488 e. The van der Waals surface area contributed by atoms with Crippen molar-refractivity contribution in [1.29, 1.82) is 0 Å². The molecule has 0 N–H and O–H groups in total. The lowest BCUT2D eigenvalue weighted by Crippen LogP contribution is -1.97. The Morgan fingerprint density at radius 3 is 1.28 bits per heavy atom. The van der Waals surface area contributed by atoms with Crippen LogP contribution in [0.3, 0.4) is 0 Å². The summed E-state index contributed by atoms with van der Waals surface area (Å²) in [5.41, 5.74) is 2.30. The molecule has 0 amide bonds. The first-order valence-corrected chi connectivity index (χ1v) is 10.4. The average Bonchev–Trinajstić information content (AvgIpc) is 2.79. The van der Waals surface area contributed by atoms with Crippen LogP contribution in [0.2, 0.25) is 0 Å². The summed E-state index contributed by atoms with van der Waals surface area (Å²) >= 11 is 1.66. The van der Waals surface area contributed by atoms with E-state index in [1.54, 1.807) is 11.8 Å². The summed E-state index contributed by atoms with van der Waals surface area (Å²) in [6.45, 7) is 1.09. The van der Waals surface area contributed by atoms with Gasteiger partial charge in [0.2, 0.25) is 0 Å². The Morgan fingerprint density at radius 1 is 0.448 bits per heavy atom. The standard InChI is InChI=1S/C26H22O2S/c1-3-11-21(12-4-1)19-27-23-15-7-9-17-25(23)29-26-18-10-8-16-24(26)28-20-22-13-5-2-6-14-22/h1-18H,19-20H2.